The Kier molecular flexibility index (Phi) is 2.86. The Hall–Kier alpha value is -2.83. The highest BCUT2D eigenvalue weighted by molar-refractivity contribution is 6.03. The van der Waals surface area contributed by atoms with Crippen molar-refractivity contribution in [3.05, 3.63) is 60.1 Å². The zero-order valence-corrected chi connectivity index (χ0v) is 10.0. The number of anilines is 1. The molecule has 2 heterocycles. The van der Waals surface area contributed by atoms with Gasteiger partial charge in [0.15, 0.2) is 11.3 Å². The van der Waals surface area contributed by atoms with Crippen LogP contribution < -0.4 is 5.32 Å². The fourth-order valence-corrected chi connectivity index (χ4v) is 1.72. The van der Waals surface area contributed by atoms with Crippen LogP contribution in [0, 0.1) is 11.6 Å². The largest absolute Gasteiger partial charge is 0.318 e. The molecule has 2 aromatic heterocycles. The van der Waals surface area contributed by atoms with Gasteiger partial charge in [0.05, 0.1) is 5.69 Å². The minimum absolute atomic E-state index is 0.0624. The molecule has 1 N–H and O–H groups in total. The summed E-state index contributed by atoms with van der Waals surface area (Å²) in [6.45, 7) is 0. The molecule has 0 unspecified atom stereocenters. The predicted octanol–water partition coefficient (Wildman–Crippen LogP) is 2.26. The van der Waals surface area contributed by atoms with Gasteiger partial charge in [0.1, 0.15) is 11.6 Å². The molecule has 1 aromatic carbocycles. The fourth-order valence-electron chi connectivity index (χ4n) is 1.72. The van der Waals surface area contributed by atoms with E-state index in [2.05, 4.69) is 15.4 Å². The number of halogens is 2. The van der Waals surface area contributed by atoms with E-state index < -0.39 is 17.5 Å². The molecule has 3 aromatic rings. The van der Waals surface area contributed by atoms with E-state index in [1.807, 2.05) is 0 Å². The van der Waals surface area contributed by atoms with Crippen molar-refractivity contribution in [2.24, 2.45) is 0 Å². The zero-order chi connectivity index (χ0) is 14.1. The zero-order valence-electron chi connectivity index (χ0n) is 10.0. The van der Waals surface area contributed by atoms with Crippen molar-refractivity contribution in [2.75, 3.05) is 5.32 Å². The van der Waals surface area contributed by atoms with E-state index in [-0.39, 0.29) is 11.4 Å². The van der Waals surface area contributed by atoms with Gasteiger partial charge in [-0.05, 0) is 18.2 Å². The maximum Gasteiger partial charge on any atom is 0.276 e. The summed E-state index contributed by atoms with van der Waals surface area (Å²) in [6.07, 6.45) is 3.19. The van der Waals surface area contributed by atoms with Gasteiger partial charge in [-0.3, -0.25) is 4.79 Å². The number of carbonyl (C=O) groups is 1. The molecule has 0 atom stereocenters. The molecule has 0 aliphatic carbocycles. The van der Waals surface area contributed by atoms with Crippen LogP contribution in [0.25, 0.3) is 5.65 Å². The number of carbonyl (C=O) groups excluding carboxylic acids is 1. The van der Waals surface area contributed by atoms with Gasteiger partial charge < -0.3 is 5.32 Å². The molecule has 100 valence electrons. The SMILES string of the molecule is O=C(Nc1cc(F)ccc1F)c1cc2ncccn2n1. The van der Waals surface area contributed by atoms with Crippen LogP contribution in [0.5, 0.6) is 0 Å². The van der Waals surface area contributed by atoms with E-state index in [0.29, 0.717) is 5.65 Å². The van der Waals surface area contributed by atoms with Crippen LogP contribution in [0.3, 0.4) is 0 Å². The number of amides is 1. The second-order valence-corrected chi connectivity index (χ2v) is 4.03. The summed E-state index contributed by atoms with van der Waals surface area (Å²) >= 11 is 0. The number of nitrogens with zero attached hydrogens (tertiary/aromatic N) is 3. The normalized spacial score (nSPS) is 10.7. The third-order valence-electron chi connectivity index (χ3n) is 2.65. The lowest BCUT2D eigenvalue weighted by Crippen LogP contribution is -2.14. The summed E-state index contributed by atoms with van der Waals surface area (Å²) in [5, 5.41) is 6.26. The molecule has 3 rings (SSSR count). The third kappa shape index (κ3) is 2.20. The summed E-state index contributed by atoms with van der Waals surface area (Å²) in [4.78, 5) is 16.0. The molecule has 5 nitrogen and oxygen atoms in total. The van der Waals surface area contributed by atoms with Crippen LogP contribution in [0.4, 0.5) is 14.5 Å². The highest BCUT2D eigenvalue weighted by Gasteiger charge is 2.14. The van der Waals surface area contributed by atoms with Crippen LogP contribution >= 0.6 is 0 Å². The Morgan fingerprint density at radius 2 is 2.10 bits per heavy atom. The lowest BCUT2D eigenvalue weighted by Gasteiger charge is -2.04. The summed E-state index contributed by atoms with van der Waals surface area (Å²) in [5.74, 6) is -2.00. The number of aromatic nitrogens is 3. The van der Waals surface area contributed by atoms with Gasteiger partial charge in [-0.2, -0.15) is 5.10 Å². The highest BCUT2D eigenvalue weighted by Crippen LogP contribution is 2.16. The van der Waals surface area contributed by atoms with Gasteiger partial charge in [0, 0.05) is 24.5 Å². The Labute approximate surface area is 111 Å². The third-order valence-corrected chi connectivity index (χ3v) is 2.65. The molecule has 0 aliphatic heterocycles. The lowest BCUT2D eigenvalue weighted by atomic mass is 10.3. The van der Waals surface area contributed by atoms with Gasteiger partial charge >= 0.3 is 0 Å². The second-order valence-electron chi connectivity index (χ2n) is 4.03. The molecule has 0 radical (unpaired) electrons. The smallest absolute Gasteiger partial charge is 0.276 e. The van der Waals surface area contributed by atoms with E-state index in [9.17, 15) is 13.6 Å². The molecule has 0 saturated heterocycles. The first kappa shape index (κ1) is 12.2. The molecule has 7 heteroatoms. The minimum atomic E-state index is -0.721. The average Bonchev–Trinajstić information content (AvgIpc) is 2.87. The van der Waals surface area contributed by atoms with Crippen LogP contribution in [0.15, 0.2) is 42.7 Å². The van der Waals surface area contributed by atoms with Crippen molar-refractivity contribution in [3.8, 4) is 0 Å². The Bertz CT molecular complexity index is 767. The summed E-state index contributed by atoms with van der Waals surface area (Å²) < 4.78 is 27.9. The first-order valence-electron chi connectivity index (χ1n) is 5.70. The molecular formula is C13H8F2N4O. The van der Waals surface area contributed by atoms with Gasteiger partial charge in [-0.15, -0.1) is 0 Å². The Morgan fingerprint density at radius 1 is 1.25 bits per heavy atom. The van der Waals surface area contributed by atoms with Gasteiger partial charge in [0.2, 0.25) is 0 Å². The van der Waals surface area contributed by atoms with Crippen LogP contribution in [0.1, 0.15) is 10.5 Å². The quantitative estimate of drug-likeness (QED) is 0.779. The molecule has 20 heavy (non-hydrogen) atoms. The lowest BCUT2D eigenvalue weighted by molar-refractivity contribution is 0.102. The molecular weight excluding hydrogens is 266 g/mol. The summed E-state index contributed by atoms with van der Waals surface area (Å²) in [6, 6.07) is 5.93. The highest BCUT2D eigenvalue weighted by atomic mass is 19.1. The summed E-state index contributed by atoms with van der Waals surface area (Å²) in [5.41, 5.74) is 0.310. The van der Waals surface area contributed by atoms with Crippen LogP contribution in [0.2, 0.25) is 0 Å². The van der Waals surface area contributed by atoms with Gasteiger partial charge in [0.25, 0.3) is 5.91 Å². The second kappa shape index (κ2) is 4.69. The van der Waals surface area contributed by atoms with E-state index >= 15 is 0 Å². The molecule has 1 amide bonds. The standard InChI is InChI=1S/C13H8F2N4O/c14-8-2-3-9(15)10(6-8)17-13(20)11-7-12-16-4-1-5-19(12)18-11/h1-7H,(H,17,20). The van der Waals surface area contributed by atoms with E-state index in [4.69, 9.17) is 0 Å². The number of hydrogen-bond acceptors (Lipinski definition) is 3. The number of nitrogens with one attached hydrogen (secondary N) is 1. The van der Waals surface area contributed by atoms with E-state index in [0.717, 1.165) is 18.2 Å². The predicted molar refractivity (Wildman–Crippen MR) is 67.3 cm³/mol. The first-order chi connectivity index (χ1) is 9.63. The molecule has 0 spiro atoms. The Morgan fingerprint density at radius 3 is 2.90 bits per heavy atom. The van der Waals surface area contributed by atoms with Crippen molar-refractivity contribution in [3.63, 3.8) is 0 Å². The van der Waals surface area contributed by atoms with Crippen molar-refractivity contribution >= 4 is 17.2 Å². The van der Waals surface area contributed by atoms with E-state index in [1.54, 1.807) is 18.5 Å². The summed E-state index contributed by atoms with van der Waals surface area (Å²) in [7, 11) is 0. The number of benzene rings is 1. The number of rotatable bonds is 2. The monoisotopic (exact) mass is 274 g/mol. The van der Waals surface area contributed by atoms with E-state index in [1.165, 1.54) is 10.6 Å². The average molecular weight is 274 g/mol. The maximum atomic E-state index is 13.4. The molecule has 0 bridgehead atoms. The minimum Gasteiger partial charge on any atom is -0.318 e. The van der Waals surface area contributed by atoms with Crippen molar-refractivity contribution in [2.45, 2.75) is 0 Å². The van der Waals surface area contributed by atoms with Crippen molar-refractivity contribution in [1.29, 1.82) is 0 Å². The van der Waals surface area contributed by atoms with Crippen LogP contribution in [-0.2, 0) is 0 Å². The van der Waals surface area contributed by atoms with Gasteiger partial charge in [-0.1, -0.05) is 0 Å². The van der Waals surface area contributed by atoms with Crippen LogP contribution in [-0.4, -0.2) is 20.5 Å². The molecule has 0 fully saturated rings. The molecule has 0 saturated carbocycles. The number of hydrogen-bond donors (Lipinski definition) is 1. The van der Waals surface area contributed by atoms with Crippen molar-refractivity contribution in [1.82, 2.24) is 14.6 Å². The first-order valence-corrected chi connectivity index (χ1v) is 5.70. The molecule has 0 aliphatic rings. The van der Waals surface area contributed by atoms with Crippen molar-refractivity contribution < 1.29 is 13.6 Å². The fraction of sp³-hybridized carbons (Fsp3) is 0. The topological polar surface area (TPSA) is 59.3 Å². The Balaban J connectivity index is 1.90. The van der Waals surface area contributed by atoms with Gasteiger partial charge in [-0.25, -0.2) is 18.3 Å². The maximum absolute atomic E-state index is 13.4. The number of fused-ring (bicyclic) bond motifs is 1.